The van der Waals surface area contributed by atoms with E-state index in [2.05, 4.69) is 11.8 Å². The number of hydrogen-bond acceptors (Lipinski definition) is 2. The summed E-state index contributed by atoms with van der Waals surface area (Å²) in [5.74, 6) is 0.884. The lowest BCUT2D eigenvalue weighted by Gasteiger charge is -2.31. The molecule has 0 radical (unpaired) electrons. The largest absolute Gasteiger partial charge is 0.296 e. The SMILES string of the molecule is CCC1CCCN(CC(=O)c2ccccc2Cl)C1. The zero-order valence-electron chi connectivity index (χ0n) is 10.9. The van der Waals surface area contributed by atoms with Crippen molar-refractivity contribution in [1.29, 1.82) is 0 Å². The van der Waals surface area contributed by atoms with E-state index in [1.54, 1.807) is 6.07 Å². The Hall–Kier alpha value is -0.860. The van der Waals surface area contributed by atoms with Crippen LogP contribution in [0, 0.1) is 5.92 Å². The lowest BCUT2D eigenvalue weighted by molar-refractivity contribution is 0.0885. The maximum atomic E-state index is 12.2. The first-order chi connectivity index (χ1) is 8.70. The van der Waals surface area contributed by atoms with Crippen molar-refractivity contribution in [2.75, 3.05) is 19.6 Å². The summed E-state index contributed by atoms with van der Waals surface area (Å²) in [4.78, 5) is 14.5. The highest BCUT2D eigenvalue weighted by Gasteiger charge is 2.21. The summed E-state index contributed by atoms with van der Waals surface area (Å²) in [6.07, 6.45) is 3.71. The van der Waals surface area contributed by atoms with Gasteiger partial charge in [-0.05, 0) is 37.4 Å². The summed E-state index contributed by atoms with van der Waals surface area (Å²) in [5.41, 5.74) is 0.651. The van der Waals surface area contributed by atoms with Gasteiger partial charge in [-0.3, -0.25) is 9.69 Å². The van der Waals surface area contributed by atoms with Gasteiger partial charge in [0.05, 0.1) is 11.6 Å². The van der Waals surface area contributed by atoms with E-state index in [1.807, 2.05) is 18.2 Å². The van der Waals surface area contributed by atoms with Crippen LogP contribution in [0.1, 0.15) is 36.5 Å². The zero-order chi connectivity index (χ0) is 13.0. The Morgan fingerprint density at radius 3 is 2.94 bits per heavy atom. The molecule has 0 N–H and O–H groups in total. The molecular formula is C15H20ClNO. The van der Waals surface area contributed by atoms with Gasteiger partial charge in [-0.1, -0.05) is 37.1 Å². The van der Waals surface area contributed by atoms with Crippen molar-refractivity contribution >= 4 is 17.4 Å². The molecule has 0 aliphatic carbocycles. The van der Waals surface area contributed by atoms with Crippen LogP contribution in [0.5, 0.6) is 0 Å². The Morgan fingerprint density at radius 1 is 1.44 bits per heavy atom. The maximum Gasteiger partial charge on any atom is 0.178 e. The zero-order valence-corrected chi connectivity index (χ0v) is 11.6. The van der Waals surface area contributed by atoms with Gasteiger partial charge in [0.2, 0.25) is 0 Å². The molecule has 0 saturated carbocycles. The summed E-state index contributed by atoms with van der Waals surface area (Å²) >= 11 is 6.05. The van der Waals surface area contributed by atoms with Crippen LogP contribution in [-0.4, -0.2) is 30.3 Å². The Morgan fingerprint density at radius 2 is 2.22 bits per heavy atom. The molecule has 0 spiro atoms. The number of likely N-dealkylation sites (tertiary alicyclic amines) is 1. The van der Waals surface area contributed by atoms with Gasteiger partial charge in [0.25, 0.3) is 0 Å². The minimum atomic E-state index is 0.136. The van der Waals surface area contributed by atoms with Gasteiger partial charge in [0.1, 0.15) is 0 Å². The Labute approximate surface area is 114 Å². The molecule has 2 rings (SSSR count). The van der Waals surface area contributed by atoms with Gasteiger partial charge < -0.3 is 0 Å². The minimum Gasteiger partial charge on any atom is -0.296 e. The number of piperidine rings is 1. The number of carbonyl (C=O) groups excluding carboxylic acids is 1. The number of ketones is 1. The lowest BCUT2D eigenvalue weighted by Crippen LogP contribution is -2.38. The number of benzene rings is 1. The van der Waals surface area contributed by atoms with Crippen LogP contribution < -0.4 is 0 Å². The molecule has 1 aromatic carbocycles. The molecule has 0 bridgehead atoms. The van der Waals surface area contributed by atoms with Crippen LogP contribution in [0.4, 0.5) is 0 Å². The second-order valence-electron chi connectivity index (χ2n) is 5.05. The molecule has 3 heteroatoms. The number of rotatable bonds is 4. The van der Waals surface area contributed by atoms with E-state index >= 15 is 0 Å². The van der Waals surface area contributed by atoms with Crippen molar-refractivity contribution in [1.82, 2.24) is 4.90 Å². The molecule has 1 heterocycles. The second-order valence-corrected chi connectivity index (χ2v) is 5.46. The number of carbonyl (C=O) groups is 1. The maximum absolute atomic E-state index is 12.2. The molecule has 2 nitrogen and oxygen atoms in total. The third-order valence-electron chi connectivity index (χ3n) is 3.72. The number of nitrogens with zero attached hydrogens (tertiary/aromatic N) is 1. The fourth-order valence-electron chi connectivity index (χ4n) is 2.60. The van der Waals surface area contributed by atoms with E-state index in [0.717, 1.165) is 19.0 Å². The number of halogens is 1. The fraction of sp³-hybridized carbons (Fsp3) is 0.533. The van der Waals surface area contributed by atoms with E-state index in [4.69, 9.17) is 11.6 Å². The van der Waals surface area contributed by atoms with Crippen LogP contribution in [-0.2, 0) is 0 Å². The van der Waals surface area contributed by atoms with E-state index in [-0.39, 0.29) is 5.78 Å². The van der Waals surface area contributed by atoms with Crippen LogP contribution in [0.2, 0.25) is 5.02 Å². The van der Waals surface area contributed by atoms with Gasteiger partial charge in [-0.25, -0.2) is 0 Å². The smallest absolute Gasteiger partial charge is 0.178 e. The molecule has 18 heavy (non-hydrogen) atoms. The van der Waals surface area contributed by atoms with Crippen LogP contribution in [0.15, 0.2) is 24.3 Å². The molecule has 1 aliphatic heterocycles. The molecule has 1 unspecified atom stereocenters. The standard InChI is InChI=1S/C15H20ClNO/c1-2-12-6-5-9-17(10-12)11-15(18)13-7-3-4-8-14(13)16/h3-4,7-8,12H,2,5-6,9-11H2,1H3. The molecule has 1 aromatic rings. The Balaban J connectivity index is 1.97. The number of hydrogen-bond donors (Lipinski definition) is 0. The molecule has 1 fully saturated rings. The summed E-state index contributed by atoms with van der Waals surface area (Å²) in [6.45, 7) is 4.81. The van der Waals surface area contributed by atoms with Gasteiger partial charge in [-0.2, -0.15) is 0 Å². The first kappa shape index (κ1) is 13.6. The van der Waals surface area contributed by atoms with Crippen LogP contribution >= 0.6 is 11.6 Å². The molecule has 98 valence electrons. The van der Waals surface area contributed by atoms with Gasteiger partial charge in [0.15, 0.2) is 5.78 Å². The summed E-state index contributed by atoms with van der Waals surface area (Å²) < 4.78 is 0. The average Bonchev–Trinajstić information content (AvgIpc) is 2.39. The van der Waals surface area contributed by atoms with E-state index in [1.165, 1.54) is 19.3 Å². The average molecular weight is 266 g/mol. The first-order valence-electron chi connectivity index (χ1n) is 6.70. The van der Waals surface area contributed by atoms with Crippen molar-refractivity contribution in [2.24, 2.45) is 5.92 Å². The van der Waals surface area contributed by atoms with Crippen molar-refractivity contribution in [3.63, 3.8) is 0 Å². The van der Waals surface area contributed by atoms with Crippen molar-refractivity contribution in [3.8, 4) is 0 Å². The highest BCUT2D eigenvalue weighted by molar-refractivity contribution is 6.34. The number of Topliss-reactive ketones (excluding diaryl/α,β-unsaturated/α-hetero) is 1. The van der Waals surface area contributed by atoms with Crippen molar-refractivity contribution in [3.05, 3.63) is 34.9 Å². The second kappa shape index (κ2) is 6.35. The van der Waals surface area contributed by atoms with Gasteiger partial charge in [0, 0.05) is 12.1 Å². The van der Waals surface area contributed by atoms with E-state index < -0.39 is 0 Å². The molecule has 0 amide bonds. The first-order valence-corrected chi connectivity index (χ1v) is 7.08. The third kappa shape index (κ3) is 3.33. The Bertz CT molecular complexity index is 419. The quantitative estimate of drug-likeness (QED) is 0.775. The van der Waals surface area contributed by atoms with Gasteiger partial charge >= 0.3 is 0 Å². The summed E-state index contributed by atoms with van der Waals surface area (Å²) in [6, 6.07) is 7.31. The van der Waals surface area contributed by atoms with Crippen LogP contribution in [0.3, 0.4) is 0 Å². The molecule has 0 aromatic heterocycles. The molecule has 1 atom stereocenters. The van der Waals surface area contributed by atoms with Crippen molar-refractivity contribution < 1.29 is 4.79 Å². The summed E-state index contributed by atoms with van der Waals surface area (Å²) in [5, 5.41) is 0.562. The van der Waals surface area contributed by atoms with Crippen LogP contribution in [0.25, 0.3) is 0 Å². The topological polar surface area (TPSA) is 20.3 Å². The normalized spacial score (nSPS) is 20.9. The van der Waals surface area contributed by atoms with E-state index in [0.29, 0.717) is 17.1 Å². The van der Waals surface area contributed by atoms with E-state index in [9.17, 15) is 4.79 Å². The third-order valence-corrected chi connectivity index (χ3v) is 4.05. The predicted molar refractivity (Wildman–Crippen MR) is 75.2 cm³/mol. The lowest BCUT2D eigenvalue weighted by atomic mass is 9.95. The summed E-state index contributed by atoms with van der Waals surface area (Å²) in [7, 11) is 0. The highest BCUT2D eigenvalue weighted by atomic mass is 35.5. The van der Waals surface area contributed by atoms with Gasteiger partial charge in [-0.15, -0.1) is 0 Å². The molecule has 1 saturated heterocycles. The predicted octanol–water partition coefficient (Wildman–Crippen LogP) is 3.64. The van der Waals surface area contributed by atoms with Crippen molar-refractivity contribution in [2.45, 2.75) is 26.2 Å². The monoisotopic (exact) mass is 265 g/mol. The highest BCUT2D eigenvalue weighted by Crippen LogP contribution is 2.21. The minimum absolute atomic E-state index is 0.136. The Kier molecular flexibility index (Phi) is 4.79. The molecular weight excluding hydrogens is 246 g/mol. The molecule has 1 aliphatic rings. The fourth-order valence-corrected chi connectivity index (χ4v) is 2.84.